The maximum absolute atomic E-state index is 13.0. The number of benzene rings is 1. The predicted molar refractivity (Wildman–Crippen MR) is 125 cm³/mol. The number of nitrogens with zero attached hydrogens (tertiary/aromatic N) is 7. The van der Waals surface area contributed by atoms with E-state index in [9.17, 15) is 8.78 Å². The van der Waals surface area contributed by atoms with E-state index >= 15 is 0 Å². The van der Waals surface area contributed by atoms with Crippen molar-refractivity contribution in [1.29, 1.82) is 0 Å². The van der Waals surface area contributed by atoms with Crippen LogP contribution < -0.4 is 10.1 Å². The first kappa shape index (κ1) is 18.9. The molecule has 2 fully saturated rings. The average molecular weight is 488 g/mol. The van der Waals surface area contributed by atoms with Gasteiger partial charge in [0, 0.05) is 30.9 Å². The Kier molecular flexibility index (Phi) is 4.86. The van der Waals surface area contributed by atoms with Crippen molar-refractivity contribution in [2.24, 2.45) is 0 Å². The van der Waals surface area contributed by atoms with Gasteiger partial charge in [-0.3, -0.25) is 4.90 Å². The standard InChI is InChI=1S/C23H26F2N8O2/c1-34-22-21-17(14-2-3-18-19(10-14)33(30-28-18)11-20(24)25)6-9-32(21)29-23(27-22)26-15-4-7-31(8-5-15)16-12-35-13-16/h2-3,6,9-10,15-16,20H,4-5,7-8,11-13H2,1H3,(H,26,29)/i1D3. The fraction of sp³-hybridized carbons (Fsp3) is 0.478. The molecule has 0 amide bonds. The highest BCUT2D eigenvalue weighted by Gasteiger charge is 2.30. The first-order valence-corrected chi connectivity index (χ1v) is 11.5. The molecule has 3 aromatic heterocycles. The number of anilines is 1. The topological polar surface area (TPSA) is 94.6 Å². The van der Waals surface area contributed by atoms with Gasteiger partial charge in [-0.1, -0.05) is 11.3 Å². The van der Waals surface area contributed by atoms with Crippen LogP contribution >= 0.6 is 0 Å². The summed E-state index contributed by atoms with van der Waals surface area (Å²) in [5, 5.41) is 15.7. The Morgan fingerprint density at radius 1 is 1.26 bits per heavy atom. The molecule has 0 atom stereocenters. The van der Waals surface area contributed by atoms with E-state index in [0.717, 1.165) is 43.8 Å². The second kappa shape index (κ2) is 9.00. The summed E-state index contributed by atoms with van der Waals surface area (Å²) in [5.74, 6) is 0.157. The highest BCUT2D eigenvalue weighted by atomic mass is 19.3. The number of fused-ring (bicyclic) bond motifs is 2. The molecule has 5 heterocycles. The Hall–Kier alpha value is -3.38. The van der Waals surface area contributed by atoms with Gasteiger partial charge in [-0.2, -0.15) is 4.98 Å². The molecule has 2 saturated heterocycles. The van der Waals surface area contributed by atoms with E-state index in [4.69, 9.17) is 13.6 Å². The highest BCUT2D eigenvalue weighted by Crippen LogP contribution is 2.33. The molecular weight excluding hydrogens is 458 g/mol. The third-order valence-electron chi connectivity index (χ3n) is 6.71. The zero-order valence-corrected chi connectivity index (χ0v) is 18.8. The van der Waals surface area contributed by atoms with Crippen LogP contribution in [0.5, 0.6) is 5.88 Å². The Morgan fingerprint density at radius 3 is 2.86 bits per heavy atom. The zero-order valence-electron chi connectivity index (χ0n) is 21.8. The van der Waals surface area contributed by atoms with Crippen molar-refractivity contribution < 1.29 is 22.4 Å². The number of alkyl halides is 2. The Labute approximate surface area is 204 Å². The summed E-state index contributed by atoms with van der Waals surface area (Å²) in [6.45, 7) is 2.83. The maximum atomic E-state index is 13.0. The first-order valence-electron chi connectivity index (χ1n) is 13.0. The van der Waals surface area contributed by atoms with Crippen LogP contribution in [0.15, 0.2) is 30.5 Å². The molecule has 184 valence electrons. The summed E-state index contributed by atoms with van der Waals surface area (Å²) in [6.07, 6.45) is 0.883. The number of ether oxygens (including phenoxy) is 2. The number of likely N-dealkylation sites (tertiary alicyclic amines) is 1. The van der Waals surface area contributed by atoms with Gasteiger partial charge in [0.25, 0.3) is 6.43 Å². The third-order valence-corrected chi connectivity index (χ3v) is 6.71. The largest absolute Gasteiger partial charge is 0.479 e. The average Bonchev–Trinajstić information content (AvgIpc) is 3.42. The normalized spacial score (nSPS) is 19.6. The third kappa shape index (κ3) is 4.16. The van der Waals surface area contributed by atoms with Crippen molar-refractivity contribution >= 4 is 22.5 Å². The van der Waals surface area contributed by atoms with Crippen LogP contribution in [0.4, 0.5) is 14.7 Å². The molecule has 1 aromatic carbocycles. The van der Waals surface area contributed by atoms with E-state index in [1.807, 2.05) is 0 Å². The van der Waals surface area contributed by atoms with E-state index in [1.54, 1.807) is 30.5 Å². The lowest BCUT2D eigenvalue weighted by molar-refractivity contribution is -0.0705. The minimum Gasteiger partial charge on any atom is -0.479 e. The van der Waals surface area contributed by atoms with Gasteiger partial charge in [0.2, 0.25) is 11.8 Å². The SMILES string of the molecule is [2H]C([2H])([2H])Oc1nc(NC2CCN(C3COC3)CC2)nn2ccc(-c3ccc4nnn(CC(F)F)c4c3)c12. The summed E-state index contributed by atoms with van der Waals surface area (Å²) in [4.78, 5) is 6.86. The van der Waals surface area contributed by atoms with Crippen LogP contribution in [0.2, 0.25) is 0 Å². The highest BCUT2D eigenvalue weighted by molar-refractivity contribution is 5.89. The lowest BCUT2D eigenvalue weighted by Crippen LogP contribution is -2.53. The lowest BCUT2D eigenvalue weighted by Gasteiger charge is -2.41. The number of hydrogen-bond acceptors (Lipinski definition) is 8. The van der Waals surface area contributed by atoms with E-state index in [-0.39, 0.29) is 17.9 Å². The summed E-state index contributed by atoms with van der Waals surface area (Å²) in [5.41, 5.74) is 2.46. The molecule has 0 spiro atoms. The van der Waals surface area contributed by atoms with E-state index < -0.39 is 20.0 Å². The van der Waals surface area contributed by atoms with E-state index in [0.29, 0.717) is 33.7 Å². The quantitative estimate of drug-likeness (QED) is 0.425. The van der Waals surface area contributed by atoms with Gasteiger partial charge < -0.3 is 14.8 Å². The van der Waals surface area contributed by atoms with Crippen molar-refractivity contribution in [3.63, 3.8) is 0 Å². The fourth-order valence-corrected chi connectivity index (χ4v) is 4.78. The van der Waals surface area contributed by atoms with E-state index in [1.165, 1.54) is 4.52 Å². The monoisotopic (exact) mass is 487 g/mol. The number of nitrogens with one attached hydrogen (secondary N) is 1. The molecule has 12 heteroatoms. The van der Waals surface area contributed by atoms with Gasteiger partial charge in [0.05, 0.1) is 35.9 Å². The lowest BCUT2D eigenvalue weighted by atomic mass is 10.0. The van der Waals surface area contributed by atoms with Gasteiger partial charge >= 0.3 is 0 Å². The Morgan fingerprint density at radius 2 is 2.11 bits per heavy atom. The number of piperidine rings is 1. The van der Waals surface area contributed by atoms with Crippen molar-refractivity contribution in [2.75, 3.05) is 38.7 Å². The molecule has 0 radical (unpaired) electrons. The van der Waals surface area contributed by atoms with Gasteiger partial charge in [0.15, 0.2) is 0 Å². The second-order valence-corrected chi connectivity index (χ2v) is 8.88. The minimum atomic E-state index is -2.74. The molecular formula is C23H26F2N8O2. The summed E-state index contributed by atoms with van der Waals surface area (Å²) in [7, 11) is -2.74. The van der Waals surface area contributed by atoms with Crippen LogP contribution in [0.3, 0.4) is 0 Å². The number of halogens is 2. The van der Waals surface area contributed by atoms with Crippen molar-refractivity contribution in [2.45, 2.75) is 37.9 Å². The molecule has 6 rings (SSSR count). The second-order valence-electron chi connectivity index (χ2n) is 8.88. The molecule has 10 nitrogen and oxygen atoms in total. The Balaban J connectivity index is 1.32. The van der Waals surface area contributed by atoms with E-state index in [2.05, 4.69) is 30.6 Å². The number of rotatable bonds is 7. The maximum Gasteiger partial charge on any atom is 0.258 e. The molecule has 0 bridgehead atoms. The van der Waals surface area contributed by atoms with Crippen LogP contribution in [-0.2, 0) is 11.3 Å². The van der Waals surface area contributed by atoms with Crippen LogP contribution in [0, 0.1) is 0 Å². The molecule has 2 aliphatic heterocycles. The fourth-order valence-electron chi connectivity index (χ4n) is 4.78. The van der Waals surface area contributed by atoms with Gasteiger partial charge in [-0.05, 0) is 36.6 Å². The molecule has 2 aliphatic rings. The minimum absolute atomic E-state index is 0.106. The van der Waals surface area contributed by atoms with Crippen molar-refractivity contribution in [1.82, 2.24) is 34.5 Å². The van der Waals surface area contributed by atoms with Crippen molar-refractivity contribution in [3.05, 3.63) is 30.5 Å². The van der Waals surface area contributed by atoms with Crippen molar-refractivity contribution in [3.8, 4) is 17.0 Å². The molecule has 0 saturated carbocycles. The summed E-state index contributed by atoms with van der Waals surface area (Å²) >= 11 is 0. The Bertz CT molecular complexity index is 1450. The molecule has 1 N–H and O–H groups in total. The summed E-state index contributed by atoms with van der Waals surface area (Å²) in [6, 6.07) is 7.48. The first-order chi connectivity index (χ1) is 18.2. The number of methoxy groups -OCH3 is 1. The molecule has 35 heavy (non-hydrogen) atoms. The predicted octanol–water partition coefficient (Wildman–Crippen LogP) is 2.69. The molecule has 4 aromatic rings. The smallest absolute Gasteiger partial charge is 0.258 e. The van der Waals surface area contributed by atoms with Gasteiger partial charge in [0.1, 0.15) is 17.6 Å². The number of aromatic nitrogens is 6. The zero-order chi connectivity index (χ0) is 26.4. The molecule has 0 aliphatic carbocycles. The summed E-state index contributed by atoms with van der Waals surface area (Å²) < 4.78 is 62.3. The number of hydrogen-bond donors (Lipinski definition) is 1. The van der Waals surface area contributed by atoms with Crippen LogP contribution in [-0.4, -0.2) is 86.3 Å². The van der Waals surface area contributed by atoms with Gasteiger partial charge in [-0.25, -0.2) is 18.0 Å². The van der Waals surface area contributed by atoms with Gasteiger partial charge in [-0.15, -0.1) is 10.2 Å². The van der Waals surface area contributed by atoms with Crippen LogP contribution in [0.25, 0.3) is 27.7 Å². The van der Waals surface area contributed by atoms with Crippen LogP contribution in [0.1, 0.15) is 17.0 Å². The molecule has 0 unspecified atom stereocenters.